The SMILES string of the molecule is CC#CCC(C)C(O)/C=C/[C@H]1C(O)CC2Oc3c(CCCOC=O)cccc3C21. The molecule has 5 heteroatoms. The first kappa shape index (κ1) is 21.4. The van der Waals surface area contributed by atoms with Crippen LogP contribution in [-0.4, -0.2) is 41.6 Å². The van der Waals surface area contributed by atoms with Crippen molar-refractivity contribution in [2.24, 2.45) is 11.8 Å². The van der Waals surface area contributed by atoms with Gasteiger partial charge in [0.15, 0.2) is 0 Å². The number of carbonyl (C=O) groups is 1. The van der Waals surface area contributed by atoms with Gasteiger partial charge in [0.05, 0.1) is 18.8 Å². The van der Waals surface area contributed by atoms with Crippen LogP contribution in [0.4, 0.5) is 0 Å². The lowest BCUT2D eigenvalue weighted by atomic mass is 9.86. The normalized spacial score (nSPS) is 26.8. The van der Waals surface area contributed by atoms with Gasteiger partial charge in [0, 0.05) is 30.2 Å². The molecule has 1 aromatic rings. The first-order valence-electron chi connectivity index (χ1n) is 10.3. The molecule has 5 unspecified atom stereocenters. The number of para-hydroxylation sites is 1. The number of rotatable bonds is 9. The fourth-order valence-corrected chi connectivity index (χ4v) is 4.37. The lowest BCUT2D eigenvalue weighted by molar-refractivity contribution is -0.128. The molecule has 0 amide bonds. The van der Waals surface area contributed by atoms with Crippen LogP contribution in [0.2, 0.25) is 0 Å². The average Bonchev–Trinajstić information content (AvgIpc) is 3.22. The van der Waals surface area contributed by atoms with Gasteiger partial charge < -0.3 is 19.7 Å². The fraction of sp³-hybridized carbons (Fsp3) is 0.542. The van der Waals surface area contributed by atoms with Crippen LogP contribution in [0.3, 0.4) is 0 Å². The molecule has 156 valence electrons. The summed E-state index contributed by atoms with van der Waals surface area (Å²) < 4.78 is 11.0. The van der Waals surface area contributed by atoms with Crippen molar-refractivity contribution in [3.8, 4) is 17.6 Å². The van der Waals surface area contributed by atoms with Crippen molar-refractivity contribution in [3.05, 3.63) is 41.5 Å². The lowest BCUT2D eigenvalue weighted by Gasteiger charge is -2.19. The first-order valence-corrected chi connectivity index (χ1v) is 10.3. The van der Waals surface area contributed by atoms with Crippen molar-refractivity contribution in [2.75, 3.05) is 6.61 Å². The van der Waals surface area contributed by atoms with Gasteiger partial charge >= 0.3 is 0 Å². The Morgan fingerprint density at radius 2 is 2.24 bits per heavy atom. The van der Waals surface area contributed by atoms with Crippen molar-refractivity contribution in [1.82, 2.24) is 0 Å². The second kappa shape index (κ2) is 9.96. The van der Waals surface area contributed by atoms with Crippen LogP contribution in [0.25, 0.3) is 0 Å². The molecule has 0 saturated heterocycles. The maximum absolute atomic E-state index is 10.6. The second-order valence-electron chi connectivity index (χ2n) is 7.95. The van der Waals surface area contributed by atoms with Crippen molar-refractivity contribution < 1.29 is 24.5 Å². The molecular formula is C24H30O5. The summed E-state index contributed by atoms with van der Waals surface area (Å²) in [5.74, 6) is 6.81. The lowest BCUT2D eigenvalue weighted by Crippen LogP contribution is -2.19. The number of aliphatic hydroxyl groups excluding tert-OH is 2. The van der Waals surface area contributed by atoms with Crippen LogP contribution in [0.15, 0.2) is 30.4 Å². The highest BCUT2D eigenvalue weighted by molar-refractivity contribution is 5.49. The van der Waals surface area contributed by atoms with Gasteiger partial charge in [0.25, 0.3) is 6.47 Å². The van der Waals surface area contributed by atoms with Crippen molar-refractivity contribution in [1.29, 1.82) is 0 Å². The molecule has 1 aromatic carbocycles. The molecule has 0 radical (unpaired) electrons. The Morgan fingerprint density at radius 3 is 3.00 bits per heavy atom. The van der Waals surface area contributed by atoms with Gasteiger partial charge in [0.1, 0.15) is 11.9 Å². The van der Waals surface area contributed by atoms with Gasteiger partial charge in [-0.15, -0.1) is 11.8 Å². The van der Waals surface area contributed by atoms with E-state index in [4.69, 9.17) is 9.47 Å². The van der Waals surface area contributed by atoms with E-state index in [9.17, 15) is 15.0 Å². The van der Waals surface area contributed by atoms with Crippen LogP contribution in [-0.2, 0) is 16.0 Å². The van der Waals surface area contributed by atoms with Gasteiger partial charge in [-0.2, -0.15) is 0 Å². The minimum Gasteiger partial charge on any atom is -0.489 e. The Hall–Kier alpha value is -2.29. The van der Waals surface area contributed by atoms with Crippen molar-refractivity contribution in [3.63, 3.8) is 0 Å². The number of aliphatic hydroxyl groups is 2. The fourth-order valence-electron chi connectivity index (χ4n) is 4.37. The zero-order valence-electron chi connectivity index (χ0n) is 17.1. The molecular weight excluding hydrogens is 368 g/mol. The summed E-state index contributed by atoms with van der Waals surface area (Å²) in [5.41, 5.74) is 2.23. The van der Waals surface area contributed by atoms with Gasteiger partial charge in [0.2, 0.25) is 0 Å². The van der Waals surface area contributed by atoms with Gasteiger partial charge in [-0.05, 0) is 31.2 Å². The molecule has 5 nitrogen and oxygen atoms in total. The molecule has 1 fully saturated rings. The van der Waals surface area contributed by atoms with E-state index < -0.39 is 12.2 Å². The Morgan fingerprint density at radius 1 is 1.41 bits per heavy atom. The van der Waals surface area contributed by atoms with Gasteiger partial charge in [-0.1, -0.05) is 37.3 Å². The molecule has 0 aromatic heterocycles. The monoisotopic (exact) mass is 398 g/mol. The standard InChI is InChI=1S/C24H30O5/c1-3-4-7-16(2)20(26)12-11-18-21(27)14-22-23(18)19-10-5-8-17(24(19)29-22)9-6-13-28-15-25/h5,8,10-12,15-16,18,20-23,26-27H,6-7,9,13-14H2,1-2H3/b12-11+/t16?,18-,20?,21?,22?,23?/m0/s1. The zero-order valence-corrected chi connectivity index (χ0v) is 17.1. The summed E-state index contributed by atoms with van der Waals surface area (Å²) in [7, 11) is 0. The van der Waals surface area contributed by atoms with Gasteiger partial charge in [-0.3, -0.25) is 4.79 Å². The summed E-state index contributed by atoms with van der Waals surface area (Å²) >= 11 is 0. The molecule has 1 saturated carbocycles. The number of aryl methyl sites for hydroxylation is 1. The van der Waals surface area contributed by atoms with Gasteiger partial charge in [-0.25, -0.2) is 0 Å². The Bertz CT molecular complexity index is 790. The van der Waals surface area contributed by atoms with Crippen molar-refractivity contribution in [2.45, 2.75) is 63.8 Å². The summed E-state index contributed by atoms with van der Waals surface area (Å²) in [6.45, 7) is 4.63. The van der Waals surface area contributed by atoms with E-state index in [0.29, 0.717) is 25.9 Å². The van der Waals surface area contributed by atoms with E-state index in [1.54, 1.807) is 13.0 Å². The number of ether oxygens (including phenoxy) is 2. The van der Waals surface area contributed by atoms with E-state index >= 15 is 0 Å². The number of carbonyl (C=O) groups excluding carboxylic acids is 1. The van der Waals surface area contributed by atoms with E-state index in [2.05, 4.69) is 17.9 Å². The summed E-state index contributed by atoms with van der Waals surface area (Å²) in [4.78, 5) is 10.3. The van der Waals surface area contributed by atoms with E-state index in [1.165, 1.54) is 0 Å². The van der Waals surface area contributed by atoms with E-state index in [1.807, 2.05) is 25.1 Å². The minimum absolute atomic E-state index is 0.0420. The van der Waals surface area contributed by atoms with Crippen LogP contribution in [0.1, 0.15) is 50.2 Å². The minimum atomic E-state index is -0.590. The van der Waals surface area contributed by atoms with Crippen molar-refractivity contribution >= 4 is 6.47 Å². The smallest absolute Gasteiger partial charge is 0.293 e. The zero-order chi connectivity index (χ0) is 20.8. The average molecular weight is 398 g/mol. The number of hydrogen-bond acceptors (Lipinski definition) is 5. The predicted molar refractivity (Wildman–Crippen MR) is 110 cm³/mol. The molecule has 2 N–H and O–H groups in total. The summed E-state index contributed by atoms with van der Waals surface area (Å²) in [5, 5.41) is 21.0. The molecule has 1 aliphatic carbocycles. The molecule has 6 atom stereocenters. The highest BCUT2D eigenvalue weighted by atomic mass is 16.5. The second-order valence-corrected chi connectivity index (χ2v) is 7.95. The quantitative estimate of drug-likeness (QED) is 0.289. The Labute approximate surface area is 172 Å². The highest BCUT2D eigenvalue weighted by Gasteiger charge is 2.48. The molecule has 3 rings (SSSR count). The molecule has 29 heavy (non-hydrogen) atoms. The molecule has 2 aliphatic rings. The molecule has 1 aliphatic heterocycles. The number of hydrogen-bond donors (Lipinski definition) is 2. The van der Waals surface area contributed by atoms with E-state index in [0.717, 1.165) is 29.7 Å². The Balaban J connectivity index is 1.73. The first-order chi connectivity index (χ1) is 14.1. The third-order valence-electron chi connectivity index (χ3n) is 5.98. The van der Waals surface area contributed by atoms with Crippen LogP contribution >= 0.6 is 0 Å². The Kier molecular flexibility index (Phi) is 7.35. The maximum atomic E-state index is 10.6. The molecule has 0 spiro atoms. The molecule has 1 heterocycles. The third kappa shape index (κ3) is 4.83. The maximum Gasteiger partial charge on any atom is 0.293 e. The van der Waals surface area contributed by atoms with E-state index in [-0.39, 0.29) is 23.9 Å². The summed E-state index contributed by atoms with van der Waals surface area (Å²) in [6.07, 6.45) is 5.36. The van der Waals surface area contributed by atoms with Crippen LogP contribution in [0.5, 0.6) is 5.75 Å². The number of fused-ring (bicyclic) bond motifs is 3. The third-order valence-corrected chi connectivity index (χ3v) is 5.98. The van der Waals surface area contributed by atoms with Crippen LogP contribution < -0.4 is 4.74 Å². The largest absolute Gasteiger partial charge is 0.489 e. The van der Waals surface area contributed by atoms with Crippen LogP contribution in [0, 0.1) is 23.7 Å². The summed E-state index contributed by atoms with van der Waals surface area (Å²) in [6, 6.07) is 6.13. The number of benzene rings is 1. The topological polar surface area (TPSA) is 76.0 Å². The highest BCUT2D eigenvalue weighted by Crippen LogP contribution is 2.52. The molecule has 0 bridgehead atoms. The predicted octanol–water partition coefficient (Wildman–Crippen LogP) is 2.98.